The Labute approximate surface area is 250 Å². The molecule has 3 aromatic carbocycles. The zero-order valence-electron chi connectivity index (χ0n) is 23.3. The lowest BCUT2D eigenvalue weighted by molar-refractivity contribution is -0.140. The standard InChI is InChI=1S/C31H36BrN3O5S/c1-3-29(31(37)33-25-13-7-8-14-25)34(21-23-11-9-16-27(19-23)40-2)30(36)22-35(26-15-10-12-24(32)20-26)41(38,39)28-17-5-4-6-18-28/h4-6,9-12,15-20,25,29H,3,7-8,13-14,21-22H2,1-2H3,(H,33,37)/t29-/m0/s1. The monoisotopic (exact) mass is 641 g/mol. The van der Waals surface area contributed by atoms with Crippen LogP contribution < -0.4 is 14.4 Å². The van der Waals surface area contributed by atoms with E-state index in [9.17, 15) is 18.0 Å². The zero-order valence-corrected chi connectivity index (χ0v) is 25.7. The van der Waals surface area contributed by atoms with E-state index >= 15 is 0 Å². The van der Waals surface area contributed by atoms with Crippen molar-refractivity contribution in [1.82, 2.24) is 10.2 Å². The Morgan fingerprint density at radius 1 is 1.00 bits per heavy atom. The highest BCUT2D eigenvalue weighted by Crippen LogP contribution is 2.27. The molecular weight excluding hydrogens is 606 g/mol. The molecule has 1 fully saturated rings. The fourth-order valence-electron chi connectivity index (χ4n) is 5.13. The van der Waals surface area contributed by atoms with Crippen LogP contribution in [0.3, 0.4) is 0 Å². The molecule has 0 aromatic heterocycles. The smallest absolute Gasteiger partial charge is 0.264 e. The second-order valence-electron chi connectivity index (χ2n) is 10.1. The number of nitrogens with one attached hydrogen (secondary N) is 1. The molecule has 3 aromatic rings. The number of nitrogens with zero attached hydrogens (tertiary/aromatic N) is 2. The van der Waals surface area contributed by atoms with Crippen molar-refractivity contribution in [2.24, 2.45) is 0 Å². The molecule has 218 valence electrons. The largest absolute Gasteiger partial charge is 0.497 e. The Morgan fingerprint density at radius 3 is 2.37 bits per heavy atom. The summed E-state index contributed by atoms with van der Waals surface area (Å²) in [4.78, 5) is 29.3. The fourth-order valence-corrected chi connectivity index (χ4v) is 6.95. The quantitative estimate of drug-likeness (QED) is 0.281. The van der Waals surface area contributed by atoms with E-state index in [1.807, 2.05) is 25.1 Å². The summed E-state index contributed by atoms with van der Waals surface area (Å²) in [5.74, 6) is -0.0861. The molecule has 4 rings (SSSR count). The van der Waals surface area contributed by atoms with Crippen molar-refractivity contribution >= 4 is 43.5 Å². The molecule has 2 amide bonds. The predicted octanol–water partition coefficient (Wildman–Crippen LogP) is 5.52. The van der Waals surface area contributed by atoms with Crippen molar-refractivity contribution in [2.75, 3.05) is 18.0 Å². The number of benzene rings is 3. The minimum atomic E-state index is -4.11. The van der Waals surface area contributed by atoms with Gasteiger partial charge >= 0.3 is 0 Å². The molecule has 0 heterocycles. The van der Waals surface area contributed by atoms with E-state index in [1.165, 1.54) is 17.0 Å². The van der Waals surface area contributed by atoms with Crippen LogP contribution in [0.2, 0.25) is 0 Å². The number of hydrogen-bond acceptors (Lipinski definition) is 5. The summed E-state index contributed by atoms with van der Waals surface area (Å²) >= 11 is 3.42. The summed E-state index contributed by atoms with van der Waals surface area (Å²) in [7, 11) is -2.54. The molecule has 8 nitrogen and oxygen atoms in total. The van der Waals surface area contributed by atoms with E-state index in [-0.39, 0.29) is 23.4 Å². The number of halogens is 1. The van der Waals surface area contributed by atoms with Crippen LogP contribution in [0.25, 0.3) is 0 Å². The van der Waals surface area contributed by atoms with Gasteiger partial charge in [-0.3, -0.25) is 13.9 Å². The summed E-state index contributed by atoms with van der Waals surface area (Å²) in [5.41, 5.74) is 1.10. The molecule has 1 atom stereocenters. The minimum Gasteiger partial charge on any atom is -0.497 e. The van der Waals surface area contributed by atoms with Gasteiger partial charge in [-0.05, 0) is 67.3 Å². The summed E-state index contributed by atoms with van der Waals surface area (Å²) in [6.07, 6.45) is 4.33. The van der Waals surface area contributed by atoms with E-state index in [1.54, 1.807) is 55.6 Å². The first kappa shape index (κ1) is 30.6. The van der Waals surface area contributed by atoms with Gasteiger partial charge in [0.15, 0.2) is 0 Å². The summed E-state index contributed by atoms with van der Waals surface area (Å²) in [5, 5.41) is 3.13. The molecule has 0 bridgehead atoms. The second-order valence-corrected chi connectivity index (χ2v) is 12.9. The van der Waals surface area contributed by atoms with Gasteiger partial charge in [-0.2, -0.15) is 0 Å². The first-order valence-corrected chi connectivity index (χ1v) is 16.0. The average molecular weight is 643 g/mol. The zero-order chi connectivity index (χ0) is 29.4. The van der Waals surface area contributed by atoms with Gasteiger partial charge in [-0.25, -0.2) is 8.42 Å². The molecule has 1 N–H and O–H groups in total. The van der Waals surface area contributed by atoms with E-state index < -0.39 is 28.5 Å². The molecule has 0 aliphatic heterocycles. The lowest BCUT2D eigenvalue weighted by Gasteiger charge is -2.34. The number of methoxy groups -OCH3 is 1. The Hall–Kier alpha value is -3.37. The lowest BCUT2D eigenvalue weighted by atomic mass is 10.1. The first-order valence-electron chi connectivity index (χ1n) is 13.8. The van der Waals surface area contributed by atoms with Crippen LogP contribution in [0.4, 0.5) is 5.69 Å². The van der Waals surface area contributed by atoms with E-state index in [0.29, 0.717) is 22.3 Å². The number of sulfonamides is 1. The maximum absolute atomic E-state index is 14.2. The van der Waals surface area contributed by atoms with Gasteiger partial charge < -0.3 is 15.0 Å². The summed E-state index contributed by atoms with van der Waals surface area (Å²) in [6, 6.07) is 21.4. The van der Waals surface area contributed by atoms with Crippen LogP contribution in [-0.4, -0.2) is 50.9 Å². The SMILES string of the molecule is CC[C@@H](C(=O)NC1CCCC1)N(Cc1cccc(OC)c1)C(=O)CN(c1cccc(Br)c1)S(=O)(=O)c1ccccc1. The van der Waals surface area contributed by atoms with Crippen molar-refractivity contribution < 1.29 is 22.7 Å². The highest BCUT2D eigenvalue weighted by molar-refractivity contribution is 9.10. The summed E-state index contributed by atoms with van der Waals surface area (Å²) in [6.45, 7) is 1.49. The number of carbonyl (C=O) groups excluding carboxylic acids is 2. The molecule has 0 saturated heterocycles. The topological polar surface area (TPSA) is 96.0 Å². The molecular formula is C31H36BrN3O5S. The highest BCUT2D eigenvalue weighted by atomic mass is 79.9. The third-order valence-corrected chi connectivity index (χ3v) is 9.56. The molecule has 1 saturated carbocycles. The molecule has 0 radical (unpaired) electrons. The number of carbonyl (C=O) groups is 2. The summed E-state index contributed by atoms with van der Waals surface area (Å²) < 4.78 is 34.9. The lowest BCUT2D eigenvalue weighted by Crippen LogP contribution is -2.53. The van der Waals surface area contributed by atoms with Crippen LogP contribution in [0.1, 0.15) is 44.6 Å². The third kappa shape index (κ3) is 7.68. The Bertz CT molecular complexity index is 1440. The predicted molar refractivity (Wildman–Crippen MR) is 163 cm³/mol. The highest BCUT2D eigenvalue weighted by Gasteiger charge is 2.34. The van der Waals surface area contributed by atoms with Crippen molar-refractivity contribution in [3.05, 3.63) is 88.9 Å². The maximum atomic E-state index is 14.2. The fraction of sp³-hybridized carbons (Fsp3) is 0.355. The van der Waals surface area contributed by atoms with Gasteiger partial charge in [0.25, 0.3) is 10.0 Å². The Balaban J connectivity index is 1.71. The van der Waals surface area contributed by atoms with Crippen LogP contribution >= 0.6 is 15.9 Å². The van der Waals surface area contributed by atoms with Gasteiger partial charge in [-0.15, -0.1) is 0 Å². The van der Waals surface area contributed by atoms with Crippen molar-refractivity contribution in [2.45, 2.75) is 62.6 Å². The number of anilines is 1. The normalized spacial score (nSPS) is 14.3. The Kier molecular flexibility index (Phi) is 10.4. The second kappa shape index (κ2) is 14.0. The van der Waals surface area contributed by atoms with E-state index in [2.05, 4.69) is 21.2 Å². The van der Waals surface area contributed by atoms with Crippen molar-refractivity contribution in [3.63, 3.8) is 0 Å². The molecule has 10 heteroatoms. The number of amides is 2. The maximum Gasteiger partial charge on any atom is 0.264 e. The molecule has 0 unspecified atom stereocenters. The minimum absolute atomic E-state index is 0.0677. The van der Waals surface area contributed by atoms with E-state index in [0.717, 1.165) is 35.6 Å². The Morgan fingerprint density at radius 2 is 1.71 bits per heavy atom. The number of hydrogen-bond donors (Lipinski definition) is 1. The van der Waals surface area contributed by atoms with Crippen LogP contribution in [0.5, 0.6) is 5.75 Å². The van der Waals surface area contributed by atoms with Gasteiger partial charge in [0, 0.05) is 17.1 Å². The van der Waals surface area contributed by atoms with Gasteiger partial charge in [0.2, 0.25) is 11.8 Å². The van der Waals surface area contributed by atoms with Gasteiger partial charge in [0.1, 0.15) is 18.3 Å². The molecule has 1 aliphatic rings. The average Bonchev–Trinajstić information content (AvgIpc) is 3.49. The van der Waals surface area contributed by atoms with Crippen LogP contribution in [-0.2, 0) is 26.2 Å². The van der Waals surface area contributed by atoms with Crippen LogP contribution in [0, 0.1) is 0 Å². The van der Waals surface area contributed by atoms with Crippen LogP contribution in [0.15, 0.2) is 88.2 Å². The first-order chi connectivity index (χ1) is 19.7. The molecule has 0 spiro atoms. The van der Waals surface area contributed by atoms with E-state index in [4.69, 9.17) is 4.74 Å². The molecule has 1 aliphatic carbocycles. The van der Waals surface area contributed by atoms with Gasteiger partial charge in [0.05, 0.1) is 17.7 Å². The van der Waals surface area contributed by atoms with Gasteiger partial charge in [-0.1, -0.05) is 72.1 Å². The van der Waals surface area contributed by atoms with Crippen molar-refractivity contribution in [3.8, 4) is 5.75 Å². The number of ether oxygens (including phenoxy) is 1. The third-order valence-electron chi connectivity index (χ3n) is 7.28. The van der Waals surface area contributed by atoms with Crippen molar-refractivity contribution in [1.29, 1.82) is 0 Å². The number of rotatable bonds is 12. The molecule has 41 heavy (non-hydrogen) atoms.